The van der Waals surface area contributed by atoms with Crippen molar-refractivity contribution in [1.29, 1.82) is 0 Å². The van der Waals surface area contributed by atoms with E-state index < -0.39 is 0 Å². The third kappa shape index (κ3) is 2.74. The predicted molar refractivity (Wildman–Crippen MR) is 86.2 cm³/mol. The van der Waals surface area contributed by atoms with E-state index in [4.69, 9.17) is 0 Å². The fourth-order valence-corrected chi connectivity index (χ4v) is 3.58. The van der Waals surface area contributed by atoms with Gasteiger partial charge in [-0.3, -0.25) is 4.98 Å². The van der Waals surface area contributed by atoms with Gasteiger partial charge in [-0.1, -0.05) is 31.2 Å². The molecule has 3 heteroatoms. The molecule has 0 saturated carbocycles. The summed E-state index contributed by atoms with van der Waals surface area (Å²) in [6.07, 6.45) is 4.76. The number of hydrogen-bond donors (Lipinski definition) is 1. The Morgan fingerprint density at radius 2 is 2.10 bits per heavy atom. The molecule has 0 aliphatic heterocycles. The molecule has 20 heavy (non-hydrogen) atoms. The van der Waals surface area contributed by atoms with Gasteiger partial charge in [0, 0.05) is 23.1 Å². The van der Waals surface area contributed by atoms with Crippen LogP contribution < -0.4 is 5.32 Å². The Bertz CT molecular complexity index is 676. The number of pyridine rings is 1. The molecule has 2 nitrogen and oxygen atoms in total. The lowest BCUT2D eigenvalue weighted by Crippen LogP contribution is -2.22. The largest absolute Gasteiger partial charge is 0.310 e. The summed E-state index contributed by atoms with van der Waals surface area (Å²) in [7, 11) is 0. The second-order valence-corrected chi connectivity index (χ2v) is 5.77. The summed E-state index contributed by atoms with van der Waals surface area (Å²) >= 11 is 1.82. The number of thiophene rings is 1. The molecule has 0 bridgehead atoms. The molecule has 1 unspecified atom stereocenters. The molecule has 2 heterocycles. The van der Waals surface area contributed by atoms with Crippen LogP contribution in [0.15, 0.2) is 54.2 Å². The third-order valence-corrected chi connectivity index (χ3v) is 4.48. The van der Waals surface area contributed by atoms with Crippen LogP contribution >= 0.6 is 11.3 Å². The maximum atomic E-state index is 4.22. The minimum Gasteiger partial charge on any atom is -0.310 e. The summed E-state index contributed by atoms with van der Waals surface area (Å²) in [5.74, 6) is 0. The first-order chi connectivity index (χ1) is 9.88. The summed E-state index contributed by atoms with van der Waals surface area (Å²) < 4.78 is 1.36. The van der Waals surface area contributed by atoms with Gasteiger partial charge in [0.05, 0.1) is 0 Å². The molecule has 0 spiro atoms. The Morgan fingerprint density at radius 1 is 1.20 bits per heavy atom. The van der Waals surface area contributed by atoms with Gasteiger partial charge in [0.15, 0.2) is 0 Å². The van der Waals surface area contributed by atoms with Gasteiger partial charge < -0.3 is 5.32 Å². The van der Waals surface area contributed by atoms with E-state index in [0.717, 1.165) is 13.0 Å². The van der Waals surface area contributed by atoms with Crippen LogP contribution in [0.3, 0.4) is 0 Å². The van der Waals surface area contributed by atoms with Crippen molar-refractivity contribution >= 4 is 21.4 Å². The molecule has 0 radical (unpaired) electrons. The number of rotatable bonds is 5. The number of nitrogens with one attached hydrogen (secondary N) is 1. The highest BCUT2D eigenvalue weighted by Crippen LogP contribution is 2.31. The van der Waals surface area contributed by atoms with Crippen LogP contribution in [0.1, 0.15) is 24.1 Å². The summed E-state index contributed by atoms with van der Waals surface area (Å²) in [5, 5.41) is 7.26. The standard InChI is InChI=1S/C17H18N2S/c1-2-19-16(10-13-6-5-9-18-11-13)15-12-20-17-8-4-3-7-14(15)17/h3-9,11-12,16,19H,2,10H2,1H3. The summed E-state index contributed by atoms with van der Waals surface area (Å²) in [6.45, 7) is 3.12. The average molecular weight is 282 g/mol. The number of nitrogens with zero attached hydrogens (tertiary/aromatic N) is 1. The van der Waals surface area contributed by atoms with E-state index in [-0.39, 0.29) is 0 Å². The molecule has 0 saturated heterocycles. The van der Waals surface area contributed by atoms with E-state index in [2.05, 4.69) is 52.9 Å². The molecule has 1 atom stereocenters. The maximum Gasteiger partial charge on any atom is 0.0375 e. The van der Waals surface area contributed by atoms with Crippen molar-refractivity contribution in [3.63, 3.8) is 0 Å². The van der Waals surface area contributed by atoms with Gasteiger partial charge in [-0.05, 0) is 47.0 Å². The molecule has 2 aromatic heterocycles. The lowest BCUT2D eigenvalue weighted by molar-refractivity contribution is 0.554. The zero-order valence-corrected chi connectivity index (χ0v) is 12.4. The molecule has 1 aromatic carbocycles. The van der Waals surface area contributed by atoms with Gasteiger partial charge >= 0.3 is 0 Å². The van der Waals surface area contributed by atoms with Crippen LogP contribution in [-0.2, 0) is 6.42 Å². The highest BCUT2D eigenvalue weighted by molar-refractivity contribution is 7.17. The van der Waals surface area contributed by atoms with Crippen LogP contribution in [0.5, 0.6) is 0 Å². The van der Waals surface area contributed by atoms with E-state index in [0.29, 0.717) is 6.04 Å². The number of hydrogen-bond acceptors (Lipinski definition) is 3. The van der Waals surface area contributed by atoms with Gasteiger partial charge in [0.25, 0.3) is 0 Å². The molecule has 1 N–H and O–H groups in total. The SMILES string of the molecule is CCNC(Cc1cccnc1)c1csc2ccccc12. The molecular weight excluding hydrogens is 264 g/mol. The van der Waals surface area contributed by atoms with Crippen LogP contribution in [-0.4, -0.2) is 11.5 Å². The smallest absolute Gasteiger partial charge is 0.0375 e. The average Bonchev–Trinajstić information content (AvgIpc) is 2.92. The first kappa shape index (κ1) is 13.3. The monoisotopic (exact) mass is 282 g/mol. The molecule has 0 fully saturated rings. The molecule has 0 aliphatic rings. The predicted octanol–water partition coefficient (Wildman–Crippen LogP) is 4.19. The third-order valence-electron chi connectivity index (χ3n) is 3.50. The summed E-state index contributed by atoms with van der Waals surface area (Å²) in [4.78, 5) is 4.22. The van der Waals surface area contributed by atoms with E-state index in [1.807, 2.05) is 29.8 Å². The Kier molecular flexibility index (Phi) is 4.09. The van der Waals surface area contributed by atoms with Crippen molar-refractivity contribution in [2.45, 2.75) is 19.4 Å². The first-order valence-electron chi connectivity index (χ1n) is 6.97. The Balaban J connectivity index is 1.94. The number of likely N-dealkylation sites (N-methyl/N-ethyl adjacent to an activating group) is 1. The van der Waals surface area contributed by atoms with Crippen LogP contribution in [0.2, 0.25) is 0 Å². The van der Waals surface area contributed by atoms with Gasteiger partial charge in [-0.25, -0.2) is 0 Å². The van der Waals surface area contributed by atoms with Gasteiger partial charge in [-0.2, -0.15) is 0 Å². The van der Waals surface area contributed by atoms with E-state index in [1.54, 1.807) is 0 Å². The number of benzene rings is 1. The van der Waals surface area contributed by atoms with Crippen LogP contribution in [0, 0.1) is 0 Å². The molecule has 102 valence electrons. The molecule has 3 rings (SSSR count). The zero-order chi connectivity index (χ0) is 13.8. The Hall–Kier alpha value is -1.71. The minimum absolute atomic E-state index is 0.348. The fourth-order valence-electron chi connectivity index (χ4n) is 2.56. The quantitative estimate of drug-likeness (QED) is 0.759. The Labute approximate surface area is 123 Å². The van der Waals surface area contributed by atoms with Crippen molar-refractivity contribution in [1.82, 2.24) is 10.3 Å². The highest BCUT2D eigenvalue weighted by Gasteiger charge is 2.15. The second-order valence-electron chi connectivity index (χ2n) is 4.86. The minimum atomic E-state index is 0.348. The second kappa shape index (κ2) is 6.16. The van der Waals surface area contributed by atoms with E-state index in [9.17, 15) is 0 Å². The lowest BCUT2D eigenvalue weighted by atomic mass is 9.99. The normalized spacial score (nSPS) is 12.7. The molecule has 0 aliphatic carbocycles. The van der Waals surface area contributed by atoms with Crippen molar-refractivity contribution in [2.24, 2.45) is 0 Å². The van der Waals surface area contributed by atoms with Crippen molar-refractivity contribution in [3.8, 4) is 0 Å². The van der Waals surface area contributed by atoms with Crippen molar-refractivity contribution < 1.29 is 0 Å². The fraction of sp³-hybridized carbons (Fsp3) is 0.235. The number of aromatic nitrogens is 1. The first-order valence-corrected chi connectivity index (χ1v) is 7.85. The van der Waals surface area contributed by atoms with Gasteiger partial charge in [0.2, 0.25) is 0 Å². The summed E-state index contributed by atoms with van der Waals surface area (Å²) in [5.41, 5.74) is 2.67. The van der Waals surface area contributed by atoms with Crippen molar-refractivity contribution in [3.05, 3.63) is 65.3 Å². The van der Waals surface area contributed by atoms with E-state index >= 15 is 0 Å². The molecule has 3 aromatic rings. The van der Waals surface area contributed by atoms with Crippen LogP contribution in [0.25, 0.3) is 10.1 Å². The maximum absolute atomic E-state index is 4.22. The highest BCUT2D eigenvalue weighted by atomic mass is 32.1. The van der Waals surface area contributed by atoms with Gasteiger partial charge in [0.1, 0.15) is 0 Å². The topological polar surface area (TPSA) is 24.9 Å². The lowest BCUT2D eigenvalue weighted by Gasteiger charge is -2.17. The Morgan fingerprint density at radius 3 is 2.90 bits per heavy atom. The van der Waals surface area contributed by atoms with E-state index in [1.165, 1.54) is 21.2 Å². The van der Waals surface area contributed by atoms with Crippen LogP contribution in [0.4, 0.5) is 0 Å². The summed E-state index contributed by atoms with van der Waals surface area (Å²) in [6, 6.07) is 13.1. The molecular formula is C17H18N2S. The van der Waals surface area contributed by atoms with Gasteiger partial charge in [-0.15, -0.1) is 11.3 Å². The molecule has 0 amide bonds. The zero-order valence-electron chi connectivity index (χ0n) is 11.5. The number of fused-ring (bicyclic) bond motifs is 1. The van der Waals surface area contributed by atoms with Crippen molar-refractivity contribution in [2.75, 3.05) is 6.54 Å².